The van der Waals surface area contributed by atoms with Crippen molar-refractivity contribution in [1.82, 2.24) is 34.6 Å². The smallest absolute Gasteiger partial charge is 0.180 e. The number of aromatic nitrogens is 7. The molecule has 0 aromatic carbocycles. The van der Waals surface area contributed by atoms with Crippen molar-refractivity contribution in [3.05, 3.63) is 59.0 Å². The fourth-order valence-corrected chi connectivity index (χ4v) is 4.21. The van der Waals surface area contributed by atoms with Gasteiger partial charge in [0.1, 0.15) is 28.9 Å². The average molecular weight is 479 g/mol. The van der Waals surface area contributed by atoms with Gasteiger partial charge in [0.15, 0.2) is 5.82 Å². The lowest BCUT2D eigenvalue weighted by molar-refractivity contribution is 0.301. The second-order valence-corrected chi connectivity index (χ2v) is 8.28. The van der Waals surface area contributed by atoms with Crippen LogP contribution in [-0.2, 0) is 19.5 Å². The molecule has 12 heteroatoms. The Labute approximate surface area is 200 Å². The molecule has 0 saturated carbocycles. The summed E-state index contributed by atoms with van der Waals surface area (Å²) in [6.45, 7) is 3.54. The summed E-state index contributed by atoms with van der Waals surface area (Å²) in [5.74, 6) is 2.85. The number of fused-ring (bicyclic) bond motifs is 3. The van der Waals surface area contributed by atoms with Crippen LogP contribution in [0, 0.1) is 6.92 Å². The highest BCUT2D eigenvalue weighted by Crippen LogP contribution is 2.35. The molecule has 5 rings (SSSR count). The molecule has 174 valence electrons. The molecule has 1 aliphatic rings. The van der Waals surface area contributed by atoms with E-state index in [2.05, 4.69) is 57.2 Å². The van der Waals surface area contributed by atoms with Crippen LogP contribution < -0.4 is 11.1 Å². The van der Waals surface area contributed by atoms with Gasteiger partial charge >= 0.3 is 0 Å². The number of nitrogens with zero attached hydrogens (tertiary/aromatic N) is 8. The fraction of sp³-hybridized carbons (Fsp3) is 0.273. The molecule has 5 heterocycles. The Balaban J connectivity index is 1.50. The summed E-state index contributed by atoms with van der Waals surface area (Å²) in [6, 6.07) is 3.97. The summed E-state index contributed by atoms with van der Waals surface area (Å²) >= 11 is 6.54. The SMILES string of the molecule is CN=C(C=CN)Nc1cc(-c2cc3n(c2)CCCn2c(Cc4nonc4C)nnc2-3)c(Cl)cn1. The molecule has 0 aliphatic carbocycles. The van der Waals surface area contributed by atoms with Gasteiger partial charge in [-0.2, -0.15) is 0 Å². The van der Waals surface area contributed by atoms with Crippen molar-refractivity contribution in [3.8, 4) is 22.6 Å². The molecule has 0 amide bonds. The lowest BCUT2D eigenvalue weighted by Gasteiger charge is -2.08. The van der Waals surface area contributed by atoms with Gasteiger partial charge < -0.3 is 20.2 Å². The van der Waals surface area contributed by atoms with Gasteiger partial charge in [-0.3, -0.25) is 4.99 Å². The van der Waals surface area contributed by atoms with E-state index in [0.29, 0.717) is 23.1 Å². The number of aryl methyl sites for hydroxylation is 2. The minimum absolute atomic E-state index is 0.514. The number of halogens is 1. The highest BCUT2D eigenvalue weighted by Gasteiger charge is 2.23. The van der Waals surface area contributed by atoms with Gasteiger partial charge in [-0.25, -0.2) is 9.61 Å². The summed E-state index contributed by atoms with van der Waals surface area (Å²) in [5.41, 5.74) is 9.80. The second kappa shape index (κ2) is 9.10. The molecule has 0 fully saturated rings. The lowest BCUT2D eigenvalue weighted by Crippen LogP contribution is -2.10. The molecule has 1 aliphatic heterocycles. The molecule has 0 bridgehead atoms. The van der Waals surface area contributed by atoms with Crippen LogP contribution in [0.4, 0.5) is 5.82 Å². The van der Waals surface area contributed by atoms with E-state index in [-0.39, 0.29) is 0 Å². The average Bonchev–Trinajstić information content (AvgIpc) is 3.52. The van der Waals surface area contributed by atoms with Gasteiger partial charge in [-0.1, -0.05) is 21.9 Å². The highest BCUT2D eigenvalue weighted by atomic mass is 35.5. The van der Waals surface area contributed by atoms with E-state index in [4.69, 9.17) is 22.0 Å². The third-order valence-electron chi connectivity index (χ3n) is 5.72. The number of aliphatic imine (C=N–C) groups is 1. The highest BCUT2D eigenvalue weighted by molar-refractivity contribution is 6.33. The Morgan fingerprint density at radius 2 is 2.18 bits per heavy atom. The van der Waals surface area contributed by atoms with Crippen LogP contribution in [0.5, 0.6) is 0 Å². The summed E-state index contributed by atoms with van der Waals surface area (Å²) in [6.07, 6.45) is 8.24. The molecule has 0 unspecified atom stereocenters. The number of hydrogen-bond donors (Lipinski definition) is 2. The topological polar surface area (TPSA) is 138 Å². The molecule has 0 atom stereocenters. The number of rotatable bonds is 5. The zero-order chi connectivity index (χ0) is 23.7. The molecule has 4 aromatic rings. The molecular formula is C22H23ClN10O. The van der Waals surface area contributed by atoms with Crippen molar-refractivity contribution < 1.29 is 4.63 Å². The van der Waals surface area contributed by atoms with Crippen molar-refractivity contribution in [1.29, 1.82) is 0 Å². The van der Waals surface area contributed by atoms with Crippen LogP contribution in [-0.4, -0.2) is 47.5 Å². The molecular weight excluding hydrogens is 456 g/mol. The fourth-order valence-electron chi connectivity index (χ4n) is 4.00. The predicted molar refractivity (Wildman–Crippen MR) is 128 cm³/mol. The summed E-state index contributed by atoms with van der Waals surface area (Å²) in [5, 5.41) is 20.5. The minimum atomic E-state index is 0.514. The van der Waals surface area contributed by atoms with Crippen LogP contribution in [0.25, 0.3) is 22.6 Å². The number of pyridine rings is 1. The molecule has 11 nitrogen and oxygen atoms in total. The zero-order valence-electron chi connectivity index (χ0n) is 18.7. The summed E-state index contributed by atoms with van der Waals surface area (Å²) in [4.78, 5) is 8.51. The number of amidine groups is 1. The van der Waals surface area contributed by atoms with Crippen LogP contribution in [0.1, 0.15) is 23.6 Å². The Kier molecular flexibility index (Phi) is 5.84. The molecule has 0 radical (unpaired) electrons. The van der Waals surface area contributed by atoms with E-state index in [0.717, 1.165) is 59.4 Å². The third kappa shape index (κ3) is 4.05. The van der Waals surface area contributed by atoms with Crippen molar-refractivity contribution in [2.45, 2.75) is 32.9 Å². The first-order valence-electron chi connectivity index (χ1n) is 10.8. The van der Waals surface area contributed by atoms with E-state index in [9.17, 15) is 0 Å². The Hall–Kier alpha value is -3.99. The Bertz CT molecular complexity index is 1400. The number of hydrogen-bond acceptors (Lipinski definition) is 8. The van der Waals surface area contributed by atoms with Gasteiger partial charge in [-0.05, 0) is 37.8 Å². The van der Waals surface area contributed by atoms with Crippen LogP contribution in [0.3, 0.4) is 0 Å². The molecule has 34 heavy (non-hydrogen) atoms. The maximum atomic E-state index is 6.54. The largest absolute Gasteiger partial charge is 0.404 e. The quantitative estimate of drug-likeness (QED) is 0.329. The normalized spacial score (nSPS) is 13.7. The first-order valence-corrected chi connectivity index (χ1v) is 11.1. The summed E-state index contributed by atoms with van der Waals surface area (Å²) < 4.78 is 9.17. The second-order valence-electron chi connectivity index (χ2n) is 7.87. The van der Waals surface area contributed by atoms with Crippen LogP contribution in [0.15, 0.2) is 46.4 Å². The monoisotopic (exact) mass is 478 g/mol. The Morgan fingerprint density at radius 1 is 1.29 bits per heavy atom. The molecule has 4 aromatic heterocycles. The van der Waals surface area contributed by atoms with E-state index < -0.39 is 0 Å². The van der Waals surface area contributed by atoms with Gasteiger partial charge in [0.2, 0.25) is 0 Å². The molecule has 0 saturated heterocycles. The van der Waals surface area contributed by atoms with Crippen molar-refractivity contribution in [2.24, 2.45) is 10.7 Å². The van der Waals surface area contributed by atoms with Crippen LogP contribution in [0.2, 0.25) is 5.02 Å². The zero-order valence-corrected chi connectivity index (χ0v) is 19.5. The maximum absolute atomic E-state index is 6.54. The van der Waals surface area contributed by atoms with E-state index in [1.54, 1.807) is 19.3 Å². The molecule has 0 spiro atoms. The first kappa shape index (κ1) is 21.8. The number of nitrogens with one attached hydrogen (secondary N) is 1. The van der Waals surface area contributed by atoms with Crippen molar-refractivity contribution >= 4 is 23.3 Å². The van der Waals surface area contributed by atoms with Gasteiger partial charge in [0, 0.05) is 43.7 Å². The summed E-state index contributed by atoms with van der Waals surface area (Å²) in [7, 11) is 1.68. The van der Waals surface area contributed by atoms with Crippen LogP contribution >= 0.6 is 11.6 Å². The maximum Gasteiger partial charge on any atom is 0.180 e. The standard InChI is InChI=1S/C22H23ClN10O/c1-13-17(31-34-30-13)10-21-28-29-22-18-8-14(12-32(18)6-3-7-33(21)22)15-9-20(26-11-16(15)23)27-19(25-2)4-5-24/h4-5,8-9,11-12H,3,6-7,10,24H2,1-2H3,(H,25,26,27). The molecule has 3 N–H and O–H groups in total. The van der Waals surface area contributed by atoms with Crippen molar-refractivity contribution in [2.75, 3.05) is 12.4 Å². The predicted octanol–water partition coefficient (Wildman–Crippen LogP) is 3.06. The minimum Gasteiger partial charge on any atom is -0.404 e. The lowest BCUT2D eigenvalue weighted by atomic mass is 10.1. The number of nitrogens with two attached hydrogens (primary N) is 1. The van der Waals surface area contributed by atoms with E-state index in [1.165, 1.54) is 6.20 Å². The van der Waals surface area contributed by atoms with Gasteiger partial charge in [0.25, 0.3) is 0 Å². The van der Waals surface area contributed by atoms with Crippen molar-refractivity contribution in [3.63, 3.8) is 0 Å². The number of anilines is 1. The first-order chi connectivity index (χ1) is 16.6. The van der Waals surface area contributed by atoms with E-state index >= 15 is 0 Å². The third-order valence-corrected chi connectivity index (χ3v) is 6.02. The Morgan fingerprint density at radius 3 is 2.94 bits per heavy atom. The van der Waals surface area contributed by atoms with Gasteiger partial charge in [0.05, 0.1) is 17.1 Å². The van der Waals surface area contributed by atoms with Gasteiger partial charge in [-0.15, -0.1) is 10.2 Å². The van der Waals surface area contributed by atoms with E-state index in [1.807, 2.05) is 13.0 Å².